The molecule has 9 heteroatoms. The second-order valence-corrected chi connectivity index (χ2v) is 9.28. The van der Waals surface area contributed by atoms with E-state index in [0.717, 1.165) is 6.07 Å². The minimum Gasteiger partial charge on any atom is -0.469 e. The Hall–Kier alpha value is -5.41. The van der Waals surface area contributed by atoms with E-state index in [1.54, 1.807) is 36.7 Å². The van der Waals surface area contributed by atoms with Crippen molar-refractivity contribution >= 4 is 41.2 Å². The molecule has 0 bridgehead atoms. The first kappa shape index (κ1) is 28.6. The summed E-state index contributed by atoms with van der Waals surface area (Å²) < 4.78 is 19.8. The van der Waals surface area contributed by atoms with E-state index in [9.17, 15) is 18.8 Å². The van der Waals surface area contributed by atoms with E-state index in [1.807, 2.05) is 4.90 Å². The van der Waals surface area contributed by atoms with Gasteiger partial charge in [-0.25, -0.2) is 9.38 Å². The number of aliphatic imine (C=N–C) groups is 1. The molecule has 2 amide bonds. The average molecular weight is 551 g/mol. The van der Waals surface area contributed by atoms with Gasteiger partial charge < -0.3 is 20.3 Å². The predicted octanol–water partition coefficient (Wildman–Crippen LogP) is 4.84. The molecule has 0 spiro atoms. The van der Waals surface area contributed by atoms with Crippen molar-refractivity contribution in [1.82, 2.24) is 4.90 Å². The predicted molar refractivity (Wildman–Crippen MR) is 156 cm³/mol. The van der Waals surface area contributed by atoms with Crippen LogP contribution in [0.2, 0.25) is 0 Å². The number of hydrogen-bond acceptors (Lipinski definition) is 5. The van der Waals surface area contributed by atoms with Gasteiger partial charge in [-0.15, -0.1) is 12.8 Å². The lowest BCUT2D eigenvalue weighted by molar-refractivity contribution is -0.146. The van der Waals surface area contributed by atoms with Crippen LogP contribution in [0.1, 0.15) is 44.7 Å². The van der Waals surface area contributed by atoms with Gasteiger partial charge in [0.15, 0.2) is 0 Å². The number of ether oxygens (including phenoxy) is 1. The molecule has 8 nitrogen and oxygen atoms in total. The number of methoxy groups -OCH3 is 1. The molecule has 0 aromatic heterocycles. The number of nitrogens with one attached hydrogen (secondary N) is 2. The van der Waals surface area contributed by atoms with E-state index in [-0.39, 0.29) is 28.7 Å². The lowest BCUT2D eigenvalue weighted by atomic mass is 9.97. The summed E-state index contributed by atoms with van der Waals surface area (Å²) in [6, 6.07) is 15.2. The molecule has 1 heterocycles. The fraction of sp³-hybridized carbons (Fsp3) is 0.188. The summed E-state index contributed by atoms with van der Waals surface area (Å²) in [6.45, 7) is 1.24. The number of rotatable bonds is 7. The molecule has 0 radical (unpaired) electrons. The molecule has 1 aliphatic rings. The van der Waals surface area contributed by atoms with Crippen LogP contribution in [-0.2, 0) is 9.53 Å². The van der Waals surface area contributed by atoms with E-state index in [4.69, 9.17) is 17.6 Å². The lowest BCUT2D eigenvalue weighted by Gasteiger charge is -2.28. The first-order valence-corrected chi connectivity index (χ1v) is 12.8. The van der Waals surface area contributed by atoms with Crippen molar-refractivity contribution in [3.63, 3.8) is 0 Å². The summed E-state index contributed by atoms with van der Waals surface area (Å²) in [7, 11) is 1.38. The van der Waals surface area contributed by atoms with E-state index < -0.39 is 17.6 Å². The van der Waals surface area contributed by atoms with Crippen LogP contribution in [0, 0.1) is 36.4 Å². The van der Waals surface area contributed by atoms with Gasteiger partial charge in [0, 0.05) is 36.0 Å². The van der Waals surface area contributed by atoms with Crippen LogP contribution in [0.25, 0.3) is 0 Å². The minimum absolute atomic E-state index is 0.104. The van der Waals surface area contributed by atoms with Gasteiger partial charge in [-0.05, 0) is 67.4 Å². The molecule has 0 saturated carbocycles. The summed E-state index contributed by atoms with van der Waals surface area (Å²) in [5, 5.41) is 5.35. The van der Waals surface area contributed by atoms with Gasteiger partial charge in [-0.1, -0.05) is 11.8 Å². The number of piperidine rings is 1. The van der Waals surface area contributed by atoms with Crippen LogP contribution in [-0.4, -0.2) is 49.2 Å². The van der Waals surface area contributed by atoms with Gasteiger partial charge in [0.2, 0.25) is 0 Å². The van der Waals surface area contributed by atoms with Gasteiger partial charge in [-0.3, -0.25) is 14.4 Å². The van der Waals surface area contributed by atoms with Gasteiger partial charge in [-0.2, -0.15) is 0 Å². The van der Waals surface area contributed by atoms with Crippen molar-refractivity contribution < 1.29 is 23.5 Å². The second kappa shape index (κ2) is 13.1. The van der Waals surface area contributed by atoms with Crippen LogP contribution in [0.5, 0.6) is 0 Å². The van der Waals surface area contributed by atoms with E-state index >= 15 is 0 Å². The first-order valence-electron chi connectivity index (χ1n) is 12.8. The molecule has 2 N–H and O–H groups in total. The van der Waals surface area contributed by atoms with Crippen LogP contribution in [0.15, 0.2) is 65.7 Å². The highest BCUT2D eigenvalue weighted by Gasteiger charge is 2.24. The largest absolute Gasteiger partial charge is 0.469 e. The topological polar surface area (TPSA) is 100 Å². The Kier molecular flexibility index (Phi) is 9.13. The lowest BCUT2D eigenvalue weighted by Crippen LogP contribution is -2.35. The highest BCUT2D eigenvalue weighted by Crippen LogP contribution is 2.23. The molecular formula is C32H27FN4O4. The van der Waals surface area contributed by atoms with Gasteiger partial charge in [0.1, 0.15) is 5.82 Å². The number of hydrogen-bond donors (Lipinski definition) is 2. The van der Waals surface area contributed by atoms with E-state index in [0.29, 0.717) is 48.4 Å². The zero-order valence-electron chi connectivity index (χ0n) is 22.3. The van der Waals surface area contributed by atoms with Crippen LogP contribution >= 0.6 is 0 Å². The number of carbonyl (C=O) groups is 3. The summed E-state index contributed by atoms with van der Waals surface area (Å²) >= 11 is 0. The Balaban J connectivity index is 1.45. The van der Waals surface area contributed by atoms with Crippen LogP contribution < -0.4 is 10.6 Å². The van der Waals surface area contributed by atoms with Crippen molar-refractivity contribution in [3.05, 3.63) is 88.7 Å². The number of nitrogens with zero attached hydrogens (tertiary/aromatic N) is 2. The number of terminal acetylenes is 2. The van der Waals surface area contributed by atoms with Crippen LogP contribution in [0.4, 0.5) is 21.5 Å². The highest BCUT2D eigenvalue weighted by molar-refractivity contribution is 6.12. The number of likely N-dealkylation sites (tertiary alicyclic amines) is 1. The molecule has 0 unspecified atom stereocenters. The second-order valence-electron chi connectivity index (χ2n) is 9.28. The van der Waals surface area contributed by atoms with Crippen molar-refractivity contribution in [2.45, 2.75) is 12.8 Å². The van der Waals surface area contributed by atoms with Crippen molar-refractivity contribution in [1.29, 1.82) is 0 Å². The molecule has 1 saturated heterocycles. The first-order chi connectivity index (χ1) is 19.8. The number of esters is 1. The Bertz CT molecular complexity index is 1580. The molecule has 4 rings (SSSR count). The smallest absolute Gasteiger partial charge is 0.308 e. The fourth-order valence-corrected chi connectivity index (χ4v) is 4.30. The van der Waals surface area contributed by atoms with E-state index in [2.05, 4.69) is 27.5 Å². The van der Waals surface area contributed by atoms with Gasteiger partial charge >= 0.3 is 5.97 Å². The normalized spacial score (nSPS) is 13.2. The maximum atomic E-state index is 15.0. The zero-order valence-corrected chi connectivity index (χ0v) is 22.3. The SMILES string of the molecule is C#Cc1ccc(NC(=O)c2cc(C#C)ccc2NC(=O)c2ccc(/N=C/N3CCC(C(=O)OC)CC3)cc2F)cc1. The number of halogens is 1. The summed E-state index contributed by atoms with van der Waals surface area (Å²) in [5.41, 5.74) is 1.94. The summed E-state index contributed by atoms with van der Waals surface area (Å²) in [5.74, 6) is 2.57. The molecule has 1 fully saturated rings. The fourth-order valence-electron chi connectivity index (χ4n) is 4.30. The number of anilines is 2. The van der Waals surface area contributed by atoms with Crippen molar-refractivity contribution in [3.8, 4) is 24.7 Å². The monoisotopic (exact) mass is 550 g/mol. The van der Waals surface area contributed by atoms with Gasteiger partial charge in [0.05, 0.1) is 41.9 Å². The summed E-state index contributed by atoms with van der Waals surface area (Å²) in [6.07, 6.45) is 13.8. The quantitative estimate of drug-likeness (QED) is 0.190. The van der Waals surface area contributed by atoms with Crippen molar-refractivity contribution in [2.24, 2.45) is 10.9 Å². The number of carbonyl (C=O) groups excluding carboxylic acids is 3. The standard InChI is InChI=1S/C32H27FN4O4/c1-4-21-6-9-24(10-7-21)35-31(39)27-18-22(5-2)8-13-29(27)36-30(38)26-12-11-25(19-28(26)33)34-20-37-16-14-23(15-17-37)32(40)41-3/h1-2,6-13,18-20,23H,14-17H2,3H3,(H,35,39)(H,36,38)/b34-20+. The molecule has 41 heavy (non-hydrogen) atoms. The zero-order chi connectivity index (χ0) is 29.4. The van der Waals surface area contributed by atoms with Crippen LogP contribution in [0.3, 0.4) is 0 Å². The third kappa shape index (κ3) is 7.17. The number of benzene rings is 3. The highest BCUT2D eigenvalue weighted by atomic mass is 19.1. The third-order valence-corrected chi connectivity index (χ3v) is 6.62. The summed E-state index contributed by atoms with van der Waals surface area (Å²) in [4.78, 5) is 44.0. The Morgan fingerprint density at radius 1 is 0.927 bits per heavy atom. The van der Waals surface area contributed by atoms with Gasteiger partial charge in [0.25, 0.3) is 11.8 Å². The van der Waals surface area contributed by atoms with E-state index in [1.165, 1.54) is 31.4 Å². The number of amides is 2. The minimum atomic E-state index is -0.776. The molecule has 206 valence electrons. The molecular weight excluding hydrogens is 523 g/mol. The maximum Gasteiger partial charge on any atom is 0.308 e. The molecule has 3 aromatic carbocycles. The third-order valence-electron chi connectivity index (χ3n) is 6.62. The Labute approximate surface area is 237 Å². The molecule has 1 aliphatic heterocycles. The maximum absolute atomic E-state index is 15.0. The molecule has 3 aromatic rings. The van der Waals surface area contributed by atoms with Crippen molar-refractivity contribution in [2.75, 3.05) is 30.8 Å². The Morgan fingerprint density at radius 2 is 1.59 bits per heavy atom. The molecule has 0 aliphatic carbocycles. The Morgan fingerprint density at radius 3 is 2.22 bits per heavy atom. The average Bonchev–Trinajstić information content (AvgIpc) is 3.00. The molecule has 0 atom stereocenters.